The molecule has 6 nitrogen and oxygen atoms in total. The van der Waals surface area contributed by atoms with Gasteiger partial charge in [-0.05, 0) is 48.2 Å². The maximum Gasteiger partial charge on any atom is 0.257 e. The number of rotatable bonds is 7. The summed E-state index contributed by atoms with van der Waals surface area (Å²) in [7, 11) is 0. The quantitative estimate of drug-likeness (QED) is 0.524. The van der Waals surface area contributed by atoms with E-state index in [-0.39, 0.29) is 24.1 Å². The molecule has 7 heteroatoms. The molecule has 3 rings (SSSR count). The molecule has 0 spiro atoms. The van der Waals surface area contributed by atoms with Crippen molar-refractivity contribution in [1.82, 2.24) is 5.32 Å². The number of amides is 3. The van der Waals surface area contributed by atoms with E-state index in [2.05, 4.69) is 16.0 Å². The van der Waals surface area contributed by atoms with Gasteiger partial charge in [-0.25, -0.2) is 0 Å². The van der Waals surface area contributed by atoms with Crippen LogP contribution in [0, 0.1) is 6.92 Å². The number of hydrogen-bond acceptors (Lipinski definition) is 4. The van der Waals surface area contributed by atoms with Gasteiger partial charge < -0.3 is 16.0 Å². The first-order chi connectivity index (χ1) is 14.4. The van der Waals surface area contributed by atoms with E-state index in [9.17, 15) is 14.4 Å². The summed E-state index contributed by atoms with van der Waals surface area (Å²) in [5.41, 5.74) is 2.50. The number of carbonyl (C=O) groups is 3. The summed E-state index contributed by atoms with van der Waals surface area (Å²) in [6.45, 7) is 3.37. The summed E-state index contributed by atoms with van der Waals surface area (Å²) in [5, 5.41) is 10.4. The molecule has 1 heterocycles. The number of hydrogen-bond donors (Lipinski definition) is 3. The Labute approximate surface area is 179 Å². The third-order valence-electron chi connectivity index (χ3n) is 4.38. The largest absolute Gasteiger partial charge is 0.348 e. The average molecular weight is 422 g/mol. The zero-order valence-electron chi connectivity index (χ0n) is 16.8. The third-order valence-corrected chi connectivity index (χ3v) is 5.36. The molecule has 0 radical (unpaired) electrons. The van der Waals surface area contributed by atoms with Crippen LogP contribution in [0.25, 0.3) is 0 Å². The van der Waals surface area contributed by atoms with E-state index < -0.39 is 6.04 Å². The van der Waals surface area contributed by atoms with Crippen molar-refractivity contribution in [2.75, 3.05) is 10.6 Å². The van der Waals surface area contributed by atoms with Gasteiger partial charge in [0.1, 0.15) is 0 Å². The Hall–Kier alpha value is -3.45. The number of carbonyl (C=O) groups excluding carboxylic acids is 3. The van der Waals surface area contributed by atoms with Crippen molar-refractivity contribution in [2.45, 2.75) is 26.3 Å². The lowest BCUT2D eigenvalue weighted by Gasteiger charge is -2.17. The molecule has 30 heavy (non-hydrogen) atoms. The fraction of sp³-hybridized carbons (Fsp3) is 0.174. The normalized spacial score (nSPS) is 11.4. The average Bonchev–Trinajstić information content (AvgIpc) is 3.22. The molecule has 2 aromatic carbocycles. The maximum absolute atomic E-state index is 12.8. The molecule has 3 amide bonds. The van der Waals surface area contributed by atoms with Gasteiger partial charge >= 0.3 is 0 Å². The van der Waals surface area contributed by atoms with Crippen molar-refractivity contribution in [3.05, 3.63) is 82.0 Å². The minimum absolute atomic E-state index is 0.0634. The molecule has 1 atom stereocenters. The monoisotopic (exact) mass is 421 g/mol. The third kappa shape index (κ3) is 5.78. The van der Waals surface area contributed by atoms with E-state index in [1.54, 1.807) is 24.3 Å². The Bertz CT molecular complexity index is 1050. The van der Waals surface area contributed by atoms with Crippen molar-refractivity contribution < 1.29 is 14.4 Å². The molecular weight excluding hydrogens is 398 g/mol. The summed E-state index contributed by atoms with van der Waals surface area (Å²) in [6.07, 6.45) is 0.0634. The van der Waals surface area contributed by atoms with Crippen LogP contribution in [0.2, 0.25) is 0 Å². The van der Waals surface area contributed by atoms with Gasteiger partial charge in [0.15, 0.2) is 0 Å². The number of para-hydroxylation sites is 1. The molecule has 154 valence electrons. The first-order valence-corrected chi connectivity index (χ1v) is 10.4. The van der Waals surface area contributed by atoms with E-state index >= 15 is 0 Å². The molecule has 0 saturated carbocycles. The van der Waals surface area contributed by atoms with Gasteiger partial charge in [-0.15, -0.1) is 11.3 Å². The Morgan fingerprint density at radius 3 is 2.47 bits per heavy atom. The SMILES string of the molecule is CC(=O)N[C@@H](CC(=O)Nc1ccccc1C(=O)Nc1cccc(C)c1)c1cccs1. The molecule has 0 bridgehead atoms. The van der Waals surface area contributed by atoms with Crippen molar-refractivity contribution in [1.29, 1.82) is 0 Å². The second-order valence-corrected chi connectivity index (χ2v) is 7.87. The Morgan fingerprint density at radius 1 is 0.967 bits per heavy atom. The molecule has 3 N–H and O–H groups in total. The number of nitrogens with one attached hydrogen (secondary N) is 3. The molecule has 0 aliphatic rings. The fourth-order valence-electron chi connectivity index (χ4n) is 3.06. The predicted molar refractivity (Wildman–Crippen MR) is 120 cm³/mol. The van der Waals surface area contributed by atoms with Crippen molar-refractivity contribution in [2.24, 2.45) is 0 Å². The van der Waals surface area contributed by atoms with Gasteiger partial charge in [0, 0.05) is 17.5 Å². The van der Waals surface area contributed by atoms with Crippen LogP contribution >= 0.6 is 11.3 Å². The number of anilines is 2. The van der Waals surface area contributed by atoms with Gasteiger partial charge in [0.25, 0.3) is 5.91 Å². The standard InChI is InChI=1S/C23H23N3O3S/c1-15-7-5-8-17(13-15)25-23(29)18-9-3-4-10-19(18)26-22(28)14-20(24-16(2)27)21-11-6-12-30-21/h3-13,20H,14H2,1-2H3,(H,24,27)(H,25,29)(H,26,28)/t20-/m0/s1. The first-order valence-electron chi connectivity index (χ1n) is 9.50. The van der Waals surface area contributed by atoms with Crippen LogP contribution in [0.3, 0.4) is 0 Å². The van der Waals surface area contributed by atoms with E-state index in [4.69, 9.17) is 0 Å². The van der Waals surface area contributed by atoms with Crippen LogP contribution < -0.4 is 16.0 Å². The van der Waals surface area contributed by atoms with Gasteiger partial charge in [0.05, 0.1) is 23.7 Å². The molecule has 0 aliphatic carbocycles. The minimum Gasteiger partial charge on any atom is -0.348 e. The molecular formula is C23H23N3O3S. The Kier molecular flexibility index (Phi) is 6.98. The summed E-state index contributed by atoms with van der Waals surface area (Å²) >= 11 is 1.47. The Morgan fingerprint density at radius 2 is 1.77 bits per heavy atom. The van der Waals surface area contributed by atoms with Crippen molar-refractivity contribution in [3.8, 4) is 0 Å². The fourth-order valence-corrected chi connectivity index (χ4v) is 3.83. The number of benzene rings is 2. The van der Waals surface area contributed by atoms with Crippen LogP contribution in [0.15, 0.2) is 66.0 Å². The highest BCUT2D eigenvalue weighted by molar-refractivity contribution is 7.10. The summed E-state index contributed by atoms with van der Waals surface area (Å²) < 4.78 is 0. The van der Waals surface area contributed by atoms with E-state index in [1.807, 2.05) is 48.7 Å². The van der Waals surface area contributed by atoms with E-state index in [1.165, 1.54) is 18.3 Å². The van der Waals surface area contributed by atoms with Gasteiger partial charge in [-0.1, -0.05) is 30.3 Å². The van der Waals surface area contributed by atoms with Crippen LogP contribution in [0.4, 0.5) is 11.4 Å². The van der Waals surface area contributed by atoms with Crippen LogP contribution in [-0.2, 0) is 9.59 Å². The van der Waals surface area contributed by atoms with Crippen LogP contribution in [0.5, 0.6) is 0 Å². The first kappa shape index (κ1) is 21.3. The molecule has 3 aromatic rings. The van der Waals surface area contributed by atoms with E-state index in [0.29, 0.717) is 16.9 Å². The number of aryl methyl sites for hydroxylation is 1. The van der Waals surface area contributed by atoms with Crippen LogP contribution in [0.1, 0.15) is 40.2 Å². The van der Waals surface area contributed by atoms with E-state index in [0.717, 1.165) is 10.4 Å². The van der Waals surface area contributed by atoms with Gasteiger partial charge in [-0.3, -0.25) is 14.4 Å². The molecule has 0 saturated heterocycles. The van der Waals surface area contributed by atoms with Crippen molar-refractivity contribution in [3.63, 3.8) is 0 Å². The van der Waals surface area contributed by atoms with Crippen molar-refractivity contribution >= 4 is 40.4 Å². The molecule has 1 aromatic heterocycles. The van der Waals surface area contributed by atoms with Gasteiger partial charge in [-0.2, -0.15) is 0 Å². The second-order valence-electron chi connectivity index (χ2n) is 6.89. The zero-order chi connectivity index (χ0) is 21.5. The highest BCUT2D eigenvalue weighted by Crippen LogP contribution is 2.24. The summed E-state index contributed by atoms with van der Waals surface area (Å²) in [6, 6.07) is 17.7. The lowest BCUT2D eigenvalue weighted by molar-refractivity contribution is -0.120. The highest BCUT2D eigenvalue weighted by atomic mass is 32.1. The summed E-state index contributed by atoms with van der Waals surface area (Å²) in [5.74, 6) is -0.815. The second kappa shape index (κ2) is 9.84. The molecule has 0 fully saturated rings. The maximum atomic E-state index is 12.8. The Balaban J connectivity index is 1.72. The lowest BCUT2D eigenvalue weighted by Crippen LogP contribution is -2.29. The zero-order valence-corrected chi connectivity index (χ0v) is 17.6. The predicted octanol–water partition coefficient (Wildman–Crippen LogP) is 4.51. The smallest absolute Gasteiger partial charge is 0.257 e. The topological polar surface area (TPSA) is 87.3 Å². The highest BCUT2D eigenvalue weighted by Gasteiger charge is 2.20. The molecule has 0 unspecified atom stereocenters. The summed E-state index contributed by atoms with van der Waals surface area (Å²) in [4.78, 5) is 37.9. The molecule has 0 aliphatic heterocycles. The van der Waals surface area contributed by atoms with Crippen LogP contribution in [-0.4, -0.2) is 17.7 Å². The lowest BCUT2D eigenvalue weighted by atomic mass is 10.1. The number of thiophene rings is 1. The minimum atomic E-state index is -0.421. The van der Waals surface area contributed by atoms with Gasteiger partial charge in [0.2, 0.25) is 11.8 Å².